The van der Waals surface area contributed by atoms with Crippen LogP contribution in [0.4, 0.5) is 14.5 Å². The summed E-state index contributed by atoms with van der Waals surface area (Å²) >= 11 is 7.34. The quantitative estimate of drug-likeness (QED) is 0.419. The summed E-state index contributed by atoms with van der Waals surface area (Å²) in [6, 6.07) is 7.55. The van der Waals surface area contributed by atoms with Crippen LogP contribution in [0.2, 0.25) is 5.02 Å². The zero-order valence-electron chi connectivity index (χ0n) is 22.4. The van der Waals surface area contributed by atoms with Gasteiger partial charge in [0.25, 0.3) is 5.91 Å². The number of aromatic nitrogens is 1. The van der Waals surface area contributed by atoms with Crippen LogP contribution in [-0.2, 0) is 10.3 Å². The van der Waals surface area contributed by atoms with E-state index in [0.29, 0.717) is 58.3 Å². The minimum atomic E-state index is -1.21. The number of alkyl halides is 1. The molecule has 1 aromatic carbocycles. The van der Waals surface area contributed by atoms with E-state index in [1.54, 1.807) is 19.1 Å². The van der Waals surface area contributed by atoms with E-state index in [9.17, 15) is 4.79 Å². The van der Waals surface area contributed by atoms with Crippen LogP contribution >= 0.6 is 23.4 Å². The average molecular weight is 577 g/mol. The van der Waals surface area contributed by atoms with Crippen LogP contribution in [-0.4, -0.2) is 40.2 Å². The number of hydrogen-bond acceptors (Lipinski definition) is 6. The van der Waals surface area contributed by atoms with Gasteiger partial charge < -0.3 is 15.8 Å². The van der Waals surface area contributed by atoms with Gasteiger partial charge in [-0.15, -0.1) is 0 Å². The monoisotopic (exact) mass is 576 g/mol. The van der Waals surface area contributed by atoms with E-state index >= 15 is 8.78 Å². The molecule has 210 valence electrons. The first kappa shape index (κ1) is 28.3. The second-order valence-corrected chi connectivity index (χ2v) is 13.2. The van der Waals surface area contributed by atoms with E-state index in [0.717, 1.165) is 6.42 Å². The SMILES string of the molecule is CC(C)C1CCC(C)(F)CC1[C@H]1C[C@H]2CSC(N)=N[C@@]2(c2cc(NC(=O)c3ccc(Cl)cn3)ccc2F)CO1. The van der Waals surface area contributed by atoms with Crippen molar-refractivity contribution in [2.75, 3.05) is 17.7 Å². The molecule has 0 spiro atoms. The molecule has 6 atom stereocenters. The van der Waals surface area contributed by atoms with Crippen LogP contribution < -0.4 is 11.1 Å². The highest BCUT2D eigenvalue weighted by Crippen LogP contribution is 2.52. The summed E-state index contributed by atoms with van der Waals surface area (Å²) in [4.78, 5) is 21.6. The van der Waals surface area contributed by atoms with Gasteiger partial charge in [-0.25, -0.2) is 18.8 Å². The molecule has 1 saturated heterocycles. The Kier molecular flexibility index (Phi) is 7.97. The number of benzene rings is 1. The van der Waals surface area contributed by atoms with Crippen molar-refractivity contribution in [3.63, 3.8) is 0 Å². The van der Waals surface area contributed by atoms with Crippen LogP contribution in [0, 0.1) is 29.5 Å². The van der Waals surface area contributed by atoms with E-state index in [1.165, 1.54) is 36.2 Å². The number of hydrogen-bond donors (Lipinski definition) is 2. The van der Waals surface area contributed by atoms with Gasteiger partial charge in [-0.1, -0.05) is 37.2 Å². The summed E-state index contributed by atoms with van der Waals surface area (Å²) in [6.45, 7) is 6.23. The molecule has 5 rings (SSSR count). The highest BCUT2D eigenvalue weighted by Gasteiger charge is 2.53. The van der Waals surface area contributed by atoms with Gasteiger partial charge in [-0.2, -0.15) is 0 Å². The third kappa shape index (κ3) is 5.81. The number of fused-ring (bicyclic) bond motifs is 1. The van der Waals surface area contributed by atoms with Gasteiger partial charge in [0.1, 0.15) is 22.7 Å². The molecule has 2 aromatic rings. The standard InChI is InChI=1S/C29H35ClF2N4O2S/c1-16(2)20-8-9-28(3,32)12-21(20)25-10-17-14-39-27(33)36-29(17,15-38-25)22-11-19(5-6-23(22)31)35-26(37)24-7-4-18(30)13-34-24/h4-7,11,13,16-17,20-21,25H,8-10,12,14-15H2,1-3H3,(H2,33,36)(H,35,37)/t17-,20?,21?,25+,28?,29-/m0/s1. The lowest BCUT2D eigenvalue weighted by molar-refractivity contribution is -0.120. The molecule has 3 heterocycles. The fourth-order valence-electron chi connectivity index (χ4n) is 6.60. The largest absolute Gasteiger partial charge is 0.379 e. The fourth-order valence-corrected chi connectivity index (χ4v) is 7.72. The molecule has 6 nitrogen and oxygen atoms in total. The summed E-state index contributed by atoms with van der Waals surface area (Å²) in [7, 11) is 0. The molecule has 10 heteroatoms. The highest BCUT2D eigenvalue weighted by molar-refractivity contribution is 8.13. The van der Waals surface area contributed by atoms with Crippen LogP contribution in [0.5, 0.6) is 0 Å². The molecule has 1 aliphatic carbocycles. The molecule has 2 fully saturated rings. The molecule has 2 aliphatic heterocycles. The second kappa shape index (κ2) is 11.0. The van der Waals surface area contributed by atoms with Crippen LogP contribution in [0.15, 0.2) is 41.5 Å². The number of thioether (sulfide) groups is 1. The van der Waals surface area contributed by atoms with Crippen molar-refractivity contribution in [1.82, 2.24) is 4.98 Å². The summed E-state index contributed by atoms with van der Waals surface area (Å²) in [5.41, 5.74) is 4.88. The van der Waals surface area contributed by atoms with Crippen molar-refractivity contribution < 1.29 is 18.3 Å². The number of carbonyl (C=O) groups excluding carboxylic acids is 1. The number of amides is 1. The lowest BCUT2D eigenvalue weighted by Crippen LogP contribution is -2.54. The minimum absolute atomic E-state index is 0.0625. The van der Waals surface area contributed by atoms with Crippen molar-refractivity contribution in [2.24, 2.45) is 34.4 Å². The number of nitrogens with one attached hydrogen (secondary N) is 1. The molecular weight excluding hydrogens is 542 g/mol. The number of amidine groups is 1. The van der Waals surface area contributed by atoms with E-state index < -0.39 is 22.9 Å². The first-order valence-electron chi connectivity index (χ1n) is 13.5. The Labute approximate surface area is 237 Å². The lowest BCUT2D eigenvalue weighted by atomic mass is 9.64. The Morgan fingerprint density at radius 2 is 2.10 bits per heavy atom. The summed E-state index contributed by atoms with van der Waals surface area (Å²) in [5.74, 6) is 0.589. The number of nitrogens with two attached hydrogens (primary N) is 1. The van der Waals surface area contributed by atoms with E-state index in [4.69, 9.17) is 27.1 Å². The lowest BCUT2D eigenvalue weighted by Gasteiger charge is -2.51. The summed E-state index contributed by atoms with van der Waals surface area (Å²) in [5, 5.41) is 3.60. The van der Waals surface area contributed by atoms with Gasteiger partial charge in [0.15, 0.2) is 5.17 Å². The Morgan fingerprint density at radius 3 is 2.82 bits per heavy atom. The van der Waals surface area contributed by atoms with Crippen molar-refractivity contribution in [2.45, 2.75) is 63.8 Å². The van der Waals surface area contributed by atoms with Gasteiger partial charge in [0.2, 0.25) is 0 Å². The Morgan fingerprint density at radius 1 is 1.31 bits per heavy atom. The van der Waals surface area contributed by atoms with Crippen LogP contribution in [0.1, 0.15) is 62.5 Å². The van der Waals surface area contributed by atoms with E-state index in [2.05, 4.69) is 24.1 Å². The number of halogens is 3. The number of pyridine rings is 1. The number of rotatable bonds is 5. The third-order valence-electron chi connectivity index (χ3n) is 8.65. The van der Waals surface area contributed by atoms with Gasteiger partial charge in [0, 0.05) is 29.1 Å². The molecule has 39 heavy (non-hydrogen) atoms. The molecule has 1 aromatic heterocycles. The predicted molar refractivity (Wildman–Crippen MR) is 152 cm³/mol. The Bertz CT molecular complexity index is 1260. The molecule has 3 unspecified atom stereocenters. The van der Waals surface area contributed by atoms with E-state index in [-0.39, 0.29) is 30.2 Å². The van der Waals surface area contributed by atoms with Crippen molar-refractivity contribution in [3.05, 3.63) is 58.6 Å². The van der Waals surface area contributed by atoms with Gasteiger partial charge in [0.05, 0.1) is 17.7 Å². The smallest absolute Gasteiger partial charge is 0.274 e. The predicted octanol–water partition coefficient (Wildman–Crippen LogP) is 6.59. The van der Waals surface area contributed by atoms with Crippen molar-refractivity contribution in [3.8, 4) is 0 Å². The number of carbonyl (C=O) groups is 1. The van der Waals surface area contributed by atoms with Gasteiger partial charge in [-0.3, -0.25) is 4.79 Å². The number of nitrogens with zero attached hydrogens (tertiary/aromatic N) is 2. The summed E-state index contributed by atoms with van der Waals surface area (Å²) in [6.07, 6.45) is 3.77. The highest BCUT2D eigenvalue weighted by atomic mass is 35.5. The topological polar surface area (TPSA) is 89.6 Å². The zero-order valence-corrected chi connectivity index (χ0v) is 24.0. The summed E-state index contributed by atoms with van der Waals surface area (Å²) < 4.78 is 37.2. The molecule has 3 aliphatic rings. The molecule has 0 radical (unpaired) electrons. The van der Waals surface area contributed by atoms with Crippen LogP contribution in [0.3, 0.4) is 0 Å². The van der Waals surface area contributed by atoms with Crippen molar-refractivity contribution >= 4 is 40.1 Å². The Hall–Kier alpha value is -2.23. The van der Waals surface area contributed by atoms with Gasteiger partial charge >= 0.3 is 0 Å². The van der Waals surface area contributed by atoms with E-state index in [1.807, 2.05) is 0 Å². The maximum Gasteiger partial charge on any atom is 0.274 e. The molecule has 1 saturated carbocycles. The molecular formula is C29H35ClF2N4O2S. The number of ether oxygens (including phenoxy) is 1. The maximum atomic E-state index is 15.5. The van der Waals surface area contributed by atoms with Crippen molar-refractivity contribution in [1.29, 1.82) is 0 Å². The third-order valence-corrected chi connectivity index (χ3v) is 9.83. The molecule has 3 N–H and O–H groups in total. The molecule has 1 amide bonds. The zero-order chi connectivity index (χ0) is 27.9. The molecule has 0 bridgehead atoms. The second-order valence-electron chi connectivity index (χ2n) is 11.7. The fraction of sp³-hybridized carbons (Fsp3) is 0.552. The number of aliphatic imine (C=N–C) groups is 1. The first-order chi connectivity index (χ1) is 18.5. The normalized spacial score (nSPS) is 32.8. The Balaban J connectivity index is 1.43. The van der Waals surface area contributed by atoms with Crippen LogP contribution in [0.25, 0.3) is 0 Å². The maximum absolute atomic E-state index is 15.5. The first-order valence-corrected chi connectivity index (χ1v) is 14.9. The average Bonchev–Trinajstić information content (AvgIpc) is 2.89. The van der Waals surface area contributed by atoms with Gasteiger partial charge in [-0.05, 0) is 80.7 Å². The minimum Gasteiger partial charge on any atom is -0.379 e. The number of anilines is 1.